The van der Waals surface area contributed by atoms with Crippen LogP contribution in [0.3, 0.4) is 0 Å². The van der Waals surface area contributed by atoms with E-state index in [4.69, 9.17) is 5.11 Å². The molecular formula is C16H26N2O3. The lowest BCUT2D eigenvalue weighted by Gasteiger charge is -2.27. The van der Waals surface area contributed by atoms with Gasteiger partial charge in [0.15, 0.2) is 0 Å². The summed E-state index contributed by atoms with van der Waals surface area (Å²) >= 11 is 0. The predicted octanol–water partition coefficient (Wildman–Crippen LogP) is 1.28. The SMILES string of the molecule is CC(C(=O)O)c1ccc(CNCC(C)(O)CN(C)C)cc1. The van der Waals surface area contributed by atoms with E-state index in [2.05, 4.69) is 5.32 Å². The predicted molar refractivity (Wildman–Crippen MR) is 83.4 cm³/mol. The fourth-order valence-corrected chi connectivity index (χ4v) is 2.28. The van der Waals surface area contributed by atoms with Crippen LogP contribution in [0.25, 0.3) is 0 Å². The van der Waals surface area contributed by atoms with Gasteiger partial charge >= 0.3 is 5.97 Å². The molecule has 0 aliphatic rings. The van der Waals surface area contributed by atoms with Crippen LogP contribution in [0.15, 0.2) is 24.3 Å². The minimum absolute atomic E-state index is 0.493. The molecule has 0 amide bonds. The first-order valence-electron chi connectivity index (χ1n) is 7.11. The summed E-state index contributed by atoms with van der Waals surface area (Å²) in [5, 5.41) is 22.4. The quantitative estimate of drug-likeness (QED) is 0.673. The van der Waals surface area contributed by atoms with Crippen molar-refractivity contribution in [2.24, 2.45) is 0 Å². The molecule has 1 aromatic rings. The molecule has 0 saturated heterocycles. The molecule has 3 N–H and O–H groups in total. The Labute approximate surface area is 126 Å². The van der Waals surface area contributed by atoms with Gasteiger partial charge in [0.1, 0.15) is 0 Å². The second-order valence-electron chi connectivity index (χ2n) is 6.14. The van der Waals surface area contributed by atoms with Crippen LogP contribution in [-0.2, 0) is 11.3 Å². The Hall–Kier alpha value is -1.43. The summed E-state index contributed by atoms with van der Waals surface area (Å²) < 4.78 is 0. The Balaban J connectivity index is 2.48. The fraction of sp³-hybridized carbons (Fsp3) is 0.562. The number of hydrogen-bond acceptors (Lipinski definition) is 4. The Morgan fingerprint density at radius 3 is 2.38 bits per heavy atom. The summed E-state index contributed by atoms with van der Waals surface area (Å²) in [6.07, 6.45) is 0. The van der Waals surface area contributed by atoms with Crippen LogP contribution < -0.4 is 5.32 Å². The molecular weight excluding hydrogens is 268 g/mol. The zero-order valence-electron chi connectivity index (χ0n) is 13.3. The van der Waals surface area contributed by atoms with E-state index >= 15 is 0 Å². The first-order valence-corrected chi connectivity index (χ1v) is 7.11. The molecule has 2 atom stereocenters. The second-order valence-corrected chi connectivity index (χ2v) is 6.14. The second kappa shape index (κ2) is 7.54. The van der Waals surface area contributed by atoms with E-state index in [0.717, 1.165) is 11.1 Å². The zero-order valence-corrected chi connectivity index (χ0v) is 13.3. The van der Waals surface area contributed by atoms with Crippen LogP contribution in [0.4, 0.5) is 0 Å². The number of carboxylic acids is 1. The van der Waals surface area contributed by atoms with Crippen molar-refractivity contribution < 1.29 is 15.0 Å². The zero-order chi connectivity index (χ0) is 16.0. The third-order valence-corrected chi connectivity index (χ3v) is 3.34. The maximum absolute atomic E-state index is 10.9. The van der Waals surface area contributed by atoms with E-state index in [1.807, 2.05) is 43.3 Å². The van der Waals surface area contributed by atoms with Gasteiger partial charge < -0.3 is 20.4 Å². The number of rotatable bonds is 8. The van der Waals surface area contributed by atoms with Crippen LogP contribution in [0, 0.1) is 0 Å². The molecule has 0 aliphatic carbocycles. The summed E-state index contributed by atoms with van der Waals surface area (Å²) in [5.41, 5.74) is 1.09. The highest BCUT2D eigenvalue weighted by Crippen LogP contribution is 2.16. The summed E-state index contributed by atoms with van der Waals surface area (Å²) in [7, 11) is 3.85. The number of hydrogen-bond donors (Lipinski definition) is 3. The van der Waals surface area contributed by atoms with Crippen LogP contribution in [0.5, 0.6) is 0 Å². The van der Waals surface area contributed by atoms with Gasteiger partial charge in [-0.3, -0.25) is 4.79 Å². The number of carbonyl (C=O) groups is 1. The van der Waals surface area contributed by atoms with Crippen molar-refractivity contribution >= 4 is 5.97 Å². The van der Waals surface area contributed by atoms with E-state index in [0.29, 0.717) is 19.6 Å². The van der Waals surface area contributed by atoms with E-state index in [-0.39, 0.29) is 0 Å². The van der Waals surface area contributed by atoms with E-state index in [9.17, 15) is 9.90 Å². The van der Waals surface area contributed by atoms with Crippen molar-refractivity contribution in [1.82, 2.24) is 10.2 Å². The molecule has 1 aromatic carbocycles. The third-order valence-electron chi connectivity index (χ3n) is 3.34. The van der Waals surface area contributed by atoms with Crippen molar-refractivity contribution in [3.8, 4) is 0 Å². The fourth-order valence-electron chi connectivity index (χ4n) is 2.28. The normalized spacial score (nSPS) is 15.7. The lowest BCUT2D eigenvalue weighted by Crippen LogP contribution is -2.45. The molecule has 0 bridgehead atoms. The number of aliphatic hydroxyl groups is 1. The average molecular weight is 294 g/mol. The molecule has 118 valence electrons. The molecule has 0 heterocycles. The van der Waals surface area contributed by atoms with Gasteiger partial charge in [0.05, 0.1) is 11.5 Å². The topological polar surface area (TPSA) is 72.8 Å². The van der Waals surface area contributed by atoms with Gasteiger partial charge in [-0.2, -0.15) is 0 Å². The summed E-state index contributed by atoms with van der Waals surface area (Å²) in [6.45, 7) is 5.21. The maximum atomic E-state index is 10.9. The van der Waals surface area contributed by atoms with Gasteiger partial charge in [0, 0.05) is 19.6 Å². The number of benzene rings is 1. The highest BCUT2D eigenvalue weighted by molar-refractivity contribution is 5.75. The molecule has 21 heavy (non-hydrogen) atoms. The molecule has 0 radical (unpaired) electrons. The molecule has 2 unspecified atom stereocenters. The molecule has 0 saturated carbocycles. The molecule has 1 rings (SSSR count). The Kier molecular flexibility index (Phi) is 6.33. The highest BCUT2D eigenvalue weighted by atomic mass is 16.4. The Morgan fingerprint density at radius 2 is 1.90 bits per heavy atom. The molecule has 0 fully saturated rings. The number of aliphatic carboxylic acids is 1. The number of carboxylic acid groups (broad SMARTS) is 1. The largest absolute Gasteiger partial charge is 0.481 e. The van der Waals surface area contributed by atoms with Crippen LogP contribution >= 0.6 is 0 Å². The third kappa shape index (κ3) is 6.25. The lowest BCUT2D eigenvalue weighted by molar-refractivity contribution is -0.138. The van der Waals surface area contributed by atoms with E-state index < -0.39 is 17.5 Å². The number of likely N-dealkylation sites (N-methyl/N-ethyl adjacent to an activating group) is 1. The number of nitrogens with zero attached hydrogens (tertiary/aromatic N) is 1. The minimum atomic E-state index is -0.819. The summed E-state index contributed by atoms with van der Waals surface area (Å²) in [6, 6.07) is 7.52. The van der Waals surface area contributed by atoms with Gasteiger partial charge in [-0.25, -0.2) is 0 Å². The lowest BCUT2D eigenvalue weighted by atomic mass is 10.00. The maximum Gasteiger partial charge on any atom is 0.310 e. The summed E-state index contributed by atoms with van der Waals surface area (Å²) in [4.78, 5) is 12.9. The van der Waals surface area contributed by atoms with Gasteiger partial charge in [-0.1, -0.05) is 24.3 Å². The molecule has 5 heteroatoms. The molecule has 0 aromatic heterocycles. The smallest absolute Gasteiger partial charge is 0.310 e. The molecule has 5 nitrogen and oxygen atoms in total. The minimum Gasteiger partial charge on any atom is -0.481 e. The van der Waals surface area contributed by atoms with Crippen molar-refractivity contribution in [3.05, 3.63) is 35.4 Å². The van der Waals surface area contributed by atoms with Gasteiger partial charge in [0.2, 0.25) is 0 Å². The van der Waals surface area contributed by atoms with Crippen LogP contribution in [0.2, 0.25) is 0 Å². The number of nitrogens with one attached hydrogen (secondary N) is 1. The highest BCUT2D eigenvalue weighted by Gasteiger charge is 2.20. The van der Waals surface area contributed by atoms with Crippen molar-refractivity contribution in [1.29, 1.82) is 0 Å². The van der Waals surface area contributed by atoms with Crippen molar-refractivity contribution in [3.63, 3.8) is 0 Å². The summed E-state index contributed by atoms with van der Waals surface area (Å²) in [5.74, 6) is -1.31. The monoisotopic (exact) mass is 294 g/mol. The van der Waals surface area contributed by atoms with Gasteiger partial charge in [-0.15, -0.1) is 0 Å². The average Bonchev–Trinajstić information content (AvgIpc) is 2.36. The van der Waals surface area contributed by atoms with E-state index in [1.54, 1.807) is 13.8 Å². The van der Waals surface area contributed by atoms with Crippen LogP contribution in [0.1, 0.15) is 30.9 Å². The molecule has 0 aliphatic heterocycles. The first-order chi connectivity index (χ1) is 9.71. The molecule has 0 spiro atoms. The van der Waals surface area contributed by atoms with Gasteiger partial charge in [-0.05, 0) is 39.1 Å². The van der Waals surface area contributed by atoms with Gasteiger partial charge in [0.25, 0.3) is 0 Å². The first kappa shape index (κ1) is 17.6. The Bertz CT molecular complexity index is 455. The van der Waals surface area contributed by atoms with Crippen molar-refractivity contribution in [2.75, 3.05) is 27.2 Å². The van der Waals surface area contributed by atoms with Crippen LogP contribution in [-0.4, -0.2) is 53.9 Å². The Morgan fingerprint density at radius 1 is 1.33 bits per heavy atom. The van der Waals surface area contributed by atoms with E-state index in [1.165, 1.54) is 0 Å². The van der Waals surface area contributed by atoms with Crippen molar-refractivity contribution in [2.45, 2.75) is 31.9 Å². The standard InChI is InChI=1S/C16H26N2O3/c1-12(15(19)20)14-7-5-13(6-8-14)9-17-10-16(2,21)11-18(3)4/h5-8,12,17,21H,9-11H2,1-4H3,(H,19,20).